The lowest BCUT2D eigenvalue weighted by molar-refractivity contribution is 0.565. The molecular formula is C17H29N3. The van der Waals surface area contributed by atoms with Gasteiger partial charge in [0.1, 0.15) is 5.82 Å². The minimum absolute atomic E-state index is 0.0669. The SMILES string of the molecule is CCCN(CC1CC1)c1cc(CN)cc(C(C)(C)C)n1. The predicted molar refractivity (Wildman–Crippen MR) is 86.1 cm³/mol. The summed E-state index contributed by atoms with van der Waals surface area (Å²) in [6.45, 7) is 11.7. The third-order valence-corrected chi connectivity index (χ3v) is 3.87. The van der Waals surface area contributed by atoms with Gasteiger partial charge in [-0.2, -0.15) is 0 Å². The Morgan fingerprint density at radius 3 is 2.50 bits per heavy atom. The van der Waals surface area contributed by atoms with E-state index in [-0.39, 0.29) is 5.41 Å². The monoisotopic (exact) mass is 275 g/mol. The molecule has 1 saturated carbocycles. The maximum Gasteiger partial charge on any atom is 0.129 e. The maximum atomic E-state index is 5.87. The predicted octanol–water partition coefficient (Wildman–Crippen LogP) is 3.46. The van der Waals surface area contributed by atoms with Gasteiger partial charge in [-0.3, -0.25) is 0 Å². The van der Waals surface area contributed by atoms with Crippen LogP contribution in [0.4, 0.5) is 5.82 Å². The Labute approximate surface area is 123 Å². The van der Waals surface area contributed by atoms with Crippen LogP contribution in [-0.4, -0.2) is 18.1 Å². The molecule has 0 saturated heterocycles. The van der Waals surface area contributed by atoms with E-state index in [1.807, 2.05) is 0 Å². The highest BCUT2D eigenvalue weighted by Gasteiger charge is 2.25. The highest BCUT2D eigenvalue weighted by Crippen LogP contribution is 2.32. The van der Waals surface area contributed by atoms with Gasteiger partial charge in [0.05, 0.1) is 0 Å². The van der Waals surface area contributed by atoms with Crippen LogP contribution in [0.1, 0.15) is 58.2 Å². The van der Waals surface area contributed by atoms with E-state index in [4.69, 9.17) is 10.7 Å². The van der Waals surface area contributed by atoms with E-state index in [1.165, 1.54) is 18.4 Å². The molecule has 1 aliphatic rings. The molecule has 1 fully saturated rings. The Morgan fingerprint density at radius 1 is 1.30 bits per heavy atom. The molecule has 0 radical (unpaired) electrons. The van der Waals surface area contributed by atoms with Crippen LogP contribution >= 0.6 is 0 Å². The van der Waals surface area contributed by atoms with E-state index in [0.717, 1.165) is 36.9 Å². The lowest BCUT2D eigenvalue weighted by Crippen LogP contribution is -2.29. The van der Waals surface area contributed by atoms with Crippen molar-refractivity contribution in [3.8, 4) is 0 Å². The molecule has 1 heterocycles. The first kappa shape index (κ1) is 15.3. The van der Waals surface area contributed by atoms with Crippen molar-refractivity contribution in [3.05, 3.63) is 23.4 Å². The fourth-order valence-corrected chi connectivity index (χ4v) is 2.42. The minimum atomic E-state index is 0.0669. The van der Waals surface area contributed by atoms with Crippen LogP contribution in [0.15, 0.2) is 12.1 Å². The number of anilines is 1. The molecule has 2 N–H and O–H groups in total. The van der Waals surface area contributed by atoms with Gasteiger partial charge < -0.3 is 10.6 Å². The first-order valence-electron chi connectivity index (χ1n) is 7.90. The van der Waals surface area contributed by atoms with E-state index < -0.39 is 0 Å². The zero-order valence-electron chi connectivity index (χ0n) is 13.4. The lowest BCUT2D eigenvalue weighted by Gasteiger charge is -2.27. The Morgan fingerprint density at radius 2 is 2.00 bits per heavy atom. The number of rotatable bonds is 6. The van der Waals surface area contributed by atoms with Gasteiger partial charge in [0.15, 0.2) is 0 Å². The molecule has 0 amide bonds. The summed E-state index contributed by atoms with van der Waals surface area (Å²) in [7, 11) is 0. The second-order valence-electron chi connectivity index (χ2n) is 7.06. The van der Waals surface area contributed by atoms with Crippen LogP contribution < -0.4 is 10.6 Å². The van der Waals surface area contributed by atoms with Gasteiger partial charge in [-0.05, 0) is 42.9 Å². The lowest BCUT2D eigenvalue weighted by atomic mass is 9.90. The largest absolute Gasteiger partial charge is 0.356 e. The number of aromatic nitrogens is 1. The van der Waals surface area contributed by atoms with Gasteiger partial charge in [0.25, 0.3) is 0 Å². The first-order valence-corrected chi connectivity index (χ1v) is 7.90. The molecule has 20 heavy (non-hydrogen) atoms. The van der Waals surface area contributed by atoms with E-state index in [0.29, 0.717) is 6.54 Å². The third kappa shape index (κ3) is 3.95. The highest BCUT2D eigenvalue weighted by molar-refractivity contribution is 5.44. The molecule has 0 atom stereocenters. The van der Waals surface area contributed by atoms with Crippen LogP contribution in [0.5, 0.6) is 0 Å². The summed E-state index contributed by atoms with van der Waals surface area (Å²) in [4.78, 5) is 7.37. The van der Waals surface area contributed by atoms with Gasteiger partial charge in [0, 0.05) is 30.7 Å². The molecule has 3 nitrogen and oxygen atoms in total. The number of hydrogen-bond donors (Lipinski definition) is 1. The van der Waals surface area contributed by atoms with Crippen molar-refractivity contribution in [3.63, 3.8) is 0 Å². The van der Waals surface area contributed by atoms with Crippen LogP contribution in [0, 0.1) is 5.92 Å². The van der Waals surface area contributed by atoms with E-state index in [9.17, 15) is 0 Å². The highest BCUT2D eigenvalue weighted by atomic mass is 15.2. The van der Waals surface area contributed by atoms with Crippen molar-refractivity contribution in [1.29, 1.82) is 0 Å². The van der Waals surface area contributed by atoms with Crippen molar-refractivity contribution in [1.82, 2.24) is 4.98 Å². The van der Waals surface area contributed by atoms with Gasteiger partial charge >= 0.3 is 0 Å². The van der Waals surface area contributed by atoms with Crippen LogP contribution in [-0.2, 0) is 12.0 Å². The van der Waals surface area contributed by atoms with E-state index in [1.54, 1.807) is 0 Å². The zero-order chi connectivity index (χ0) is 14.8. The smallest absolute Gasteiger partial charge is 0.129 e. The van der Waals surface area contributed by atoms with Gasteiger partial charge in [-0.15, -0.1) is 0 Å². The van der Waals surface area contributed by atoms with Crippen molar-refractivity contribution < 1.29 is 0 Å². The van der Waals surface area contributed by atoms with E-state index >= 15 is 0 Å². The quantitative estimate of drug-likeness (QED) is 0.864. The average Bonchev–Trinajstić information content (AvgIpc) is 3.20. The van der Waals surface area contributed by atoms with Crippen molar-refractivity contribution in [2.75, 3.05) is 18.0 Å². The second-order valence-corrected chi connectivity index (χ2v) is 7.06. The summed E-state index contributed by atoms with van der Waals surface area (Å²) in [5, 5.41) is 0. The van der Waals surface area contributed by atoms with Crippen LogP contribution in [0.25, 0.3) is 0 Å². The summed E-state index contributed by atoms with van der Waals surface area (Å²) < 4.78 is 0. The molecule has 1 aromatic rings. The summed E-state index contributed by atoms with van der Waals surface area (Å²) >= 11 is 0. The summed E-state index contributed by atoms with van der Waals surface area (Å²) in [6, 6.07) is 4.33. The summed E-state index contributed by atoms with van der Waals surface area (Å²) in [6.07, 6.45) is 3.91. The maximum absolute atomic E-state index is 5.87. The Hall–Kier alpha value is -1.09. The van der Waals surface area contributed by atoms with Gasteiger partial charge in [-0.25, -0.2) is 4.98 Å². The van der Waals surface area contributed by atoms with E-state index in [2.05, 4.69) is 44.7 Å². The molecule has 0 aromatic carbocycles. The Bertz CT molecular complexity index is 444. The van der Waals surface area contributed by atoms with Crippen LogP contribution in [0.2, 0.25) is 0 Å². The van der Waals surface area contributed by atoms with Crippen molar-refractivity contribution >= 4 is 5.82 Å². The second kappa shape index (κ2) is 6.13. The van der Waals surface area contributed by atoms with Gasteiger partial charge in [0.2, 0.25) is 0 Å². The molecule has 1 aromatic heterocycles. The molecule has 0 aliphatic heterocycles. The molecule has 112 valence electrons. The van der Waals surface area contributed by atoms with Gasteiger partial charge in [-0.1, -0.05) is 27.7 Å². The van der Waals surface area contributed by atoms with Crippen molar-refractivity contribution in [2.24, 2.45) is 11.7 Å². The molecule has 0 bridgehead atoms. The topological polar surface area (TPSA) is 42.1 Å². The fraction of sp³-hybridized carbons (Fsp3) is 0.706. The number of nitrogens with two attached hydrogens (primary N) is 1. The fourth-order valence-electron chi connectivity index (χ4n) is 2.42. The number of nitrogens with zero attached hydrogens (tertiary/aromatic N) is 2. The molecule has 2 rings (SSSR count). The molecule has 1 aliphatic carbocycles. The Kier molecular flexibility index (Phi) is 4.69. The third-order valence-electron chi connectivity index (χ3n) is 3.87. The van der Waals surface area contributed by atoms with Crippen molar-refractivity contribution in [2.45, 2.75) is 58.9 Å². The zero-order valence-corrected chi connectivity index (χ0v) is 13.4. The van der Waals surface area contributed by atoms with Crippen LogP contribution in [0.3, 0.4) is 0 Å². The standard InChI is InChI=1S/C17H29N3/c1-5-8-20(12-13-6-7-13)16-10-14(11-18)9-15(19-16)17(2,3)4/h9-10,13H,5-8,11-12,18H2,1-4H3. The summed E-state index contributed by atoms with van der Waals surface area (Å²) in [5.41, 5.74) is 8.28. The average molecular weight is 275 g/mol. The number of pyridine rings is 1. The summed E-state index contributed by atoms with van der Waals surface area (Å²) in [5.74, 6) is 1.99. The molecule has 0 spiro atoms. The molecule has 0 unspecified atom stereocenters. The molecule has 3 heteroatoms. The number of hydrogen-bond acceptors (Lipinski definition) is 3. The minimum Gasteiger partial charge on any atom is -0.356 e. The first-order chi connectivity index (χ1) is 9.44. The normalized spacial score (nSPS) is 15.4. The molecular weight excluding hydrogens is 246 g/mol. The Balaban J connectivity index is 2.31.